The minimum absolute atomic E-state index is 0.000484. The third-order valence-corrected chi connectivity index (χ3v) is 5.16. The fraction of sp³-hybridized carbons (Fsp3) is 0.300. The Morgan fingerprint density at radius 3 is 2.61 bits per heavy atom. The minimum atomic E-state index is -0.000484. The molecule has 0 saturated carbocycles. The van der Waals surface area contributed by atoms with E-state index in [-0.39, 0.29) is 12.5 Å². The Hall–Kier alpha value is -2.93. The Kier molecular flexibility index (Phi) is 5.25. The first kappa shape index (κ1) is 18.4. The molecule has 28 heavy (non-hydrogen) atoms. The summed E-state index contributed by atoms with van der Waals surface area (Å²) in [6, 6.07) is 15.7. The van der Waals surface area contributed by atoms with E-state index < -0.39 is 0 Å². The maximum atomic E-state index is 12.6. The highest BCUT2D eigenvalue weighted by Gasteiger charge is 2.22. The van der Waals surface area contributed by atoms with Crippen LogP contribution >= 0.6 is 11.6 Å². The molecule has 1 amide bonds. The Morgan fingerprint density at radius 1 is 1.07 bits per heavy atom. The molecule has 2 aromatic carbocycles. The molecule has 0 atom stereocenters. The molecule has 0 N–H and O–H groups in total. The van der Waals surface area contributed by atoms with Crippen LogP contribution in [0, 0.1) is 6.92 Å². The van der Waals surface area contributed by atoms with Crippen LogP contribution < -0.4 is 4.90 Å². The van der Waals surface area contributed by atoms with Gasteiger partial charge in [-0.3, -0.25) is 4.79 Å². The van der Waals surface area contributed by atoms with Crippen molar-refractivity contribution >= 4 is 23.2 Å². The highest BCUT2D eigenvalue weighted by Crippen LogP contribution is 2.21. The number of tetrazole rings is 1. The number of piperazine rings is 1. The SMILES string of the molecule is Cc1ccccc1-c1nnn(CC(=O)N2CCN(c3cccc(Cl)c3)CC2)n1. The van der Waals surface area contributed by atoms with Gasteiger partial charge in [-0.15, -0.1) is 10.2 Å². The first-order chi connectivity index (χ1) is 13.6. The maximum Gasteiger partial charge on any atom is 0.246 e. The fourth-order valence-corrected chi connectivity index (χ4v) is 3.53. The highest BCUT2D eigenvalue weighted by atomic mass is 35.5. The van der Waals surface area contributed by atoms with E-state index in [0.717, 1.165) is 34.9 Å². The van der Waals surface area contributed by atoms with Crippen molar-refractivity contribution in [2.24, 2.45) is 0 Å². The van der Waals surface area contributed by atoms with Crippen LogP contribution in [0.2, 0.25) is 5.02 Å². The zero-order valence-electron chi connectivity index (χ0n) is 15.6. The average Bonchev–Trinajstić information content (AvgIpc) is 3.16. The summed E-state index contributed by atoms with van der Waals surface area (Å²) in [7, 11) is 0. The van der Waals surface area contributed by atoms with Gasteiger partial charge in [-0.25, -0.2) is 0 Å². The molecule has 0 spiro atoms. The molecule has 8 heteroatoms. The zero-order valence-corrected chi connectivity index (χ0v) is 16.4. The van der Waals surface area contributed by atoms with Gasteiger partial charge < -0.3 is 9.80 Å². The summed E-state index contributed by atoms with van der Waals surface area (Å²) in [5.41, 5.74) is 3.09. The van der Waals surface area contributed by atoms with E-state index in [4.69, 9.17) is 11.6 Å². The van der Waals surface area contributed by atoms with E-state index in [9.17, 15) is 4.79 Å². The van der Waals surface area contributed by atoms with Gasteiger partial charge in [0.1, 0.15) is 6.54 Å². The first-order valence-corrected chi connectivity index (χ1v) is 9.60. The molecule has 0 bridgehead atoms. The molecule has 4 rings (SSSR count). The highest BCUT2D eigenvalue weighted by molar-refractivity contribution is 6.30. The van der Waals surface area contributed by atoms with Crippen molar-refractivity contribution in [1.82, 2.24) is 25.1 Å². The molecule has 0 aliphatic carbocycles. The van der Waals surface area contributed by atoms with Gasteiger partial charge in [-0.2, -0.15) is 4.80 Å². The molecule has 144 valence electrons. The normalized spacial score (nSPS) is 14.4. The number of benzene rings is 2. The predicted octanol–water partition coefficient (Wildman–Crippen LogP) is 2.65. The van der Waals surface area contributed by atoms with Crippen molar-refractivity contribution in [3.05, 3.63) is 59.1 Å². The Morgan fingerprint density at radius 2 is 1.86 bits per heavy atom. The Balaban J connectivity index is 1.36. The zero-order chi connectivity index (χ0) is 19.5. The van der Waals surface area contributed by atoms with E-state index in [1.807, 2.05) is 60.4 Å². The molecule has 0 unspecified atom stereocenters. The summed E-state index contributed by atoms with van der Waals surface area (Å²) < 4.78 is 0. The lowest BCUT2D eigenvalue weighted by molar-refractivity contribution is -0.132. The molecular formula is C20H21ClN6O. The Bertz CT molecular complexity index is 980. The number of carbonyl (C=O) groups is 1. The van der Waals surface area contributed by atoms with Crippen LogP contribution in [0.5, 0.6) is 0 Å². The number of nitrogens with zero attached hydrogens (tertiary/aromatic N) is 6. The van der Waals surface area contributed by atoms with Gasteiger partial charge in [0, 0.05) is 42.5 Å². The van der Waals surface area contributed by atoms with Crippen molar-refractivity contribution in [2.75, 3.05) is 31.1 Å². The predicted molar refractivity (Wildman–Crippen MR) is 108 cm³/mol. The van der Waals surface area contributed by atoms with Gasteiger partial charge >= 0.3 is 0 Å². The van der Waals surface area contributed by atoms with Gasteiger partial charge in [0.05, 0.1) is 0 Å². The van der Waals surface area contributed by atoms with E-state index in [2.05, 4.69) is 20.3 Å². The first-order valence-electron chi connectivity index (χ1n) is 9.22. The van der Waals surface area contributed by atoms with Crippen LogP contribution in [-0.2, 0) is 11.3 Å². The molecule has 1 saturated heterocycles. The summed E-state index contributed by atoms with van der Waals surface area (Å²) in [5.74, 6) is 0.538. The van der Waals surface area contributed by atoms with Crippen molar-refractivity contribution in [3.63, 3.8) is 0 Å². The van der Waals surface area contributed by atoms with Crippen LogP contribution in [0.25, 0.3) is 11.4 Å². The lowest BCUT2D eigenvalue weighted by Gasteiger charge is -2.36. The standard InChI is InChI=1S/C20H21ClN6O/c1-15-5-2-3-8-18(15)20-22-24-27(23-20)14-19(28)26-11-9-25(10-12-26)17-7-4-6-16(21)13-17/h2-8,13H,9-12,14H2,1H3. The number of halogens is 1. The molecule has 7 nitrogen and oxygen atoms in total. The van der Waals surface area contributed by atoms with Crippen molar-refractivity contribution in [3.8, 4) is 11.4 Å². The summed E-state index contributed by atoms with van der Waals surface area (Å²) in [6.45, 7) is 4.95. The summed E-state index contributed by atoms with van der Waals surface area (Å²) in [5, 5.41) is 13.2. The molecule has 1 aliphatic rings. The monoisotopic (exact) mass is 396 g/mol. The number of anilines is 1. The molecule has 0 radical (unpaired) electrons. The molecular weight excluding hydrogens is 376 g/mol. The lowest BCUT2D eigenvalue weighted by Crippen LogP contribution is -2.49. The number of hydrogen-bond acceptors (Lipinski definition) is 5. The average molecular weight is 397 g/mol. The third kappa shape index (κ3) is 3.99. The second kappa shape index (κ2) is 7.98. The van der Waals surface area contributed by atoms with Gasteiger partial charge in [0.15, 0.2) is 0 Å². The molecule has 1 aliphatic heterocycles. The molecule has 1 aromatic heterocycles. The topological polar surface area (TPSA) is 67.2 Å². The smallest absolute Gasteiger partial charge is 0.246 e. The fourth-order valence-electron chi connectivity index (χ4n) is 3.35. The van der Waals surface area contributed by atoms with Crippen LogP contribution in [-0.4, -0.2) is 57.2 Å². The quantitative estimate of drug-likeness (QED) is 0.678. The van der Waals surface area contributed by atoms with Crippen molar-refractivity contribution in [2.45, 2.75) is 13.5 Å². The Labute approximate surface area is 168 Å². The van der Waals surface area contributed by atoms with Gasteiger partial charge in [0.2, 0.25) is 11.7 Å². The van der Waals surface area contributed by atoms with Gasteiger partial charge in [-0.1, -0.05) is 41.9 Å². The van der Waals surface area contributed by atoms with Crippen LogP contribution in [0.15, 0.2) is 48.5 Å². The number of carbonyl (C=O) groups excluding carboxylic acids is 1. The largest absolute Gasteiger partial charge is 0.368 e. The number of rotatable bonds is 4. The number of amides is 1. The minimum Gasteiger partial charge on any atom is -0.368 e. The maximum absolute atomic E-state index is 12.6. The number of aromatic nitrogens is 4. The van der Waals surface area contributed by atoms with E-state index in [1.54, 1.807) is 0 Å². The van der Waals surface area contributed by atoms with Crippen molar-refractivity contribution in [1.29, 1.82) is 0 Å². The second-order valence-electron chi connectivity index (χ2n) is 6.81. The number of hydrogen-bond donors (Lipinski definition) is 0. The van der Waals surface area contributed by atoms with Gasteiger partial charge in [-0.05, 0) is 35.9 Å². The molecule has 1 fully saturated rings. The van der Waals surface area contributed by atoms with Crippen molar-refractivity contribution < 1.29 is 4.79 Å². The summed E-state index contributed by atoms with van der Waals surface area (Å²) >= 11 is 6.08. The second-order valence-corrected chi connectivity index (χ2v) is 7.24. The molecule has 2 heterocycles. The van der Waals surface area contributed by atoms with Crippen LogP contribution in [0.1, 0.15) is 5.56 Å². The van der Waals surface area contributed by atoms with E-state index in [0.29, 0.717) is 18.9 Å². The van der Waals surface area contributed by atoms with Crippen LogP contribution in [0.4, 0.5) is 5.69 Å². The third-order valence-electron chi connectivity index (χ3n) is 4.92. The summed E-state index contributed by atoms with van der Waals surface area (Å²) in [4.78, 5) is 18.1. The molecule has 3 aromatic rings. The van der Waals surface area contributed by atoms with E-state index in [1.165, 1.54) is 4.80 Å². The lowest BCUT2D eigenvalue weighted by atomic mass is 10.1. The van der Waals surface area contributed by atoms with E-state index >= 15 is 0 Å². The van der Waals surface area contributed by atoms with Crippen LogP contribution in [0.3, 0.4) is 0 Å². The summed E-state index contributed by atoms with van der Waals surface area (Å²) in [6.07, 6.45) is 0. The van der Waals surface area contributed by atoms with Gasteiger partial charge in [0.25, 0.3) is 0 Å². The number of aryl methyl sites for hydroxylation is 1.